The normalized spacial score (nSPS) is 10.6. The highest BCUT2D eigenvalue weighted by atomic mass is 16.6. The minimum Gasteiger partial charge on any atom is -0.497 e. The molecule has 0 aliphatic carbocycles. The van der Waals surface area contributed by atoms with Gasteiger partial charge in [-0.2, -0.15) is 10.1 Å². The number of rotatable bonds is 9. The zero-order valence-electron chi connectivity index (χ0n) is 17.8. The summed E-state index contributed by atoms with van der Waals surface area (Å²) in [7, 11) is 2.87. The Labute approximate surface area is 187 Å². The monoisotopic (exact) mass is 453 g/mol. The zero-order valence-corrected chi connectivity index (χ0v) is 17.8. The van der Waals surface area contributed by atoms with Gasteiger partial charge in [-0.15, -0.1) is 0 Å². The van der Waals surface area contributed by atoms with Crippen molar-refractivity contribution >= 4 is 35.0 Å². The molecule has 0 unspecified atom stereocenters. The summed E-state index contributed by atoms with van der Waals surface area (Å²) in [5.41, 5.74) is 3.18. The summed E-state index contributed by atoms with van der Waals surface area (Å²) < 4.78 is 10.1. The van der Waals surface area contributed by atoms with Crippen LogP contribution in [-0.4, -0.2) is 40.2 Å². The Morgan fingerprint density at radius 3 is 2.33 bits per heavy atom. The summed E-state index contributed by atoms with van der Waals surface area (Å²) in [6.07, 6.45) is 1.32. The Morgan fingerprint density at radius 2 is 1.73 bits per heavy atom. The standard InChI is InChI=1S/C20H19N7O6/c1-12-18(27(30)31)19(23-14-5-7-15(32-2)8-6-14)24-20(22-12)25-21-11-13-4-9-17(33-3)16(10-13)26(28)29/h4-11H,1-3H3,(H2,22,23,24,25). The number of ether oxygens (including phenoxy) is 2. The number of aryl methyl sites for hydroxylation is 1. The highest BCUT2D eigenvalue weighted by Gasteiger charge is 2.22. The van der Waals surface area contributed by atoms with Crippen molar-refractivity contribution in [3.8, 4) is 11.5 Å². The molecule has 0 radical (unpaired) electrons. The fourth-order valence-electron chi connectivity index (χ4n) is 2.83. The average Bonchev–Trinajstić information content (AvgIpc) is 2.79. The molecule has 170 valence electrons. The lowest BCUT2D eigenvalue weighted by Gasteiger charge is -2.10. The summed E-state index contributed by atoms with van der Waals surface area (Å²) in [5.74, 6) is 0.710. The molecule has 3 rings (SSSR count). The molecule has 0 aliphatic rings. The molecule has 0 amide bonds. The van der Waals surface area contributed by atoms with E-state index in [1.807, 2.05) is 0 Å². The number of benzene rings is 2. The second kappa shape index (κ2) is 10.00. The van der Waals surface area contributed by atoms with Crippen LogP contribution in [0.25, 0.3) is 0 Å². The van der Waals surface area contributed by atoms with E-state index in [9.17, 15) is 20.2 Å². The third-order valence-electron chi connectivity index (χ3n) is 4.37. The number of nitro benzene ring substituents is 1. The van der Waals surface area contributed by atoms with Gasteiger partial charge in [0, 0.05) is 17.3 Å². The molecule has 1 aromatic heterocycles. The molecule has 0 saturated carbocycles. The van der Waals surface area contributed by atoms with Crippen molar-refractivity contribution in [1.29, 1.82) is 0 Å². The topological polar surface area (TPSA) is 167 Å². The Balaban J connectivity index is 1.85. The maximum atomic E-state index is 11.5. The minimum absolute atomic E-state index is 0.00614. The van der Waals surface area contributed by atoms with E-state index >= 15 is 0 Å². The fraction of sp³-hybridized carbons (Fsp3) is 0.150. The van der Waals surface area contributed by atoms with Crippen LogP contribution < -0.4 is 20.2 Å². The molecule has 0 fully saturated rings. The highest BCUT2D eigenvalue weighted by molar-refractivity contribution is 5.82. The summed E-state index contributed by atoms with van der Waals surface area (Å²) in [4.78, 5) is 29.8. The van der Waals surface area contributed by atoms with E-state index in [1.54, 1.807) is 30.3 Å². The molecular formula is C20H19N7O6. The smallest absolute Gasteiger partial charge is 0.332 e. The molecule has 0 atom stereocenters. The Morgan fingerprint density at radius 1 is 1.00 bits per heavy atom. The van der Waals surface area contributed by atoms with E-state index < -0.39 is 9.85 Å². The molecule has 3 aromatic rings. The van der Waals surface area contributed by atoms with Gasteiger partial charge in [-0.3, -0.25) is 20.2 Å². The van der Waals surface area contributed by atoms with Crippen molar-refractivity contribution < 1.29 is 19.3 Å². The van der Waals surface area contributed by atoms with E-state index in [4.69, 9.17) is 9.47 Å². The zero-order chi connectivity index (χ0) is 24.0. The quantitative estimate of drug-likeness (QED) is 0.276. The third kappa shape index (κ3) is 5.46. The molecular weight excluding hydrogens is 434 g/mol. The van der Waals surface area contributed by atoms with E-state index in [0.717, 1.165) is 0 Å². The summed E-state index contributed by atoms with van der Waals surface area (Å²) >= 11 is 0. The molecule has 13 nitrogen and oxygen atoms in total. The molecule has 0 saturated heterocycles. The van der Waals surface area contributed by atoms with Gasteiger partial charge in [0.1, 0.15) is 11.4 Å². The van der Waals surface area contributed by atoms with E-state index in [0.29, 0.717) is 17.0 Å². The lowest BCUT2D eigenvalue weighted by Crippen LogP contribution is -2.07. The summed E-state index contributed by atoms with van der Waals surface area (Å²) in [6, 6.07) is 11.1. The van der Waals surface area contributed by atoms with Crippen molar-refractivity contribution in [2.45, 2.75) is 6.92 Å². The average molecular weight is 453 g/mol. The molecule has 33 heavy (non-hydrogen) atoms. The third-order valence-corrected chi connectivity index (χ3v) is 4.37. The maximum Gasteiger partial charge on any atom is 0.332 e. The minimum atomic E-state index is -0.579. The lowest BCUT2D eigenvalue weighted by atomic mass is 10.2. The number of nitrogens with one attached hydrogen (secondary N) is 2. The van der Waals surface area contributed by atoms with Gasteiger partial charge in [0.2, 0.25) is 11.8 Å². The SMILES string of the molecule is COc1ccc(Nc2nc(NN=Cc3ccc(OC)c([N+](=O)[O-])c3)nc(C)c2[N+](=O)[O-])cc1. The summed E-state index contributed by atoms with van der Waals surface area (Å²) in [6.45, 7) is 1.47. The predicted molar refractivity (Wildman–Crippen MR) is 121 cm³/mol. The van der Waals surface area contributed by atoms with Gasteiger partial charge in [-0.05, 0) is 43.3 Å². The van der Waals surface area contributed by atoms with Gasteiger partial charge in [0.15, 0.2) is 5.75 Å². The van der Waals surface area contributed by atoms with Crippen molar-refractivity contribution in [3.05, 3.63) is 74.0 Å². The molecule has 2 N–H and O–H groups in total. The largest absolute Gasteiger partial charge is 0.497 e. The molecule has 1 heterocycles. The van der Waals surface area contributed by atoms with Crippen LogP contribution in [-0.2, 0) is 0 Å². The molecule has 0 aliphatic heterocycles. The first kappa shape index (κ1) is 22.9. The van der Waals surface area contributed by atoms with E-state index in [-0.39, 0.29) is 34.6 Å². The maximum absolute atomic E-state index is 11.5. The number of hydrazone groups is 1. The molecule has 0 bridgehead atoms. The van der Waals surface area contributed by atoms with Crippen LogP contribution in [0.4, 0.5) is 28.8 Å². The van der Waals surface area contributed by atoms with Gasteiger partial charge in [-0.1, -0.05) is 0 Å². The van der Waals surface area contributed by atoms with Crippen LogP contribution in [0.15, 0.2) is 47.6 Å². The molecule has 2 aromatic carbocycles. The van der Waals surface area contributed by atoms with Crippen LogP contribution in [0.1, 0.15) is 11.3 Å². The van der Waals surface area contributed by atoms with Gasteiger partial charge in [-0.25, -0.2) is 10.4 Å². The van der Waals surface area contributed by atoms with E-state index in [1.165, 1.54) is 39.5 Å². The first-order valence-corrected chi connectivity index (χ1v) is 9.38. The fourth-order valence-corrected chi connectivity index (χ4v) is 2.83. The van der Waals surface area contributed by atoms with Crippen LogP contribution in [0.3, 0.4) is 0 Å². The number of hydrogen-bond acceptors (Lipinski definition) is 11. The Bertz CT molecular complexity index is 1210. The number of aromatic nitrogens is 2. The van der Waals surface area contributed by atoms with Gasteiger partial charge < -0.3 is 14.8 Å². The highest BCUT2D eigenvalue weighted by Crippen LogP contribution is 2.30. The van der Waals surface area contributed by atoms with Crippen LogP contribution in [0.5, 0.6) is 11.5 Å². The first-order valence-electron chi connectivity index (χ1n) is 9.38. The second-order valence-electron chi connectivity index (χ2n) is 6.50. The van der Waals surface area contributed by atoms with Crippen molar-refractivity contribution in [2.24, 2.45) is 5.10 Å². The number of nitrogens with zero attached hydrogens (tertiary/aromatic N) is 5. The molecule has 13 heteroatoms. The first-order chi connectivity index (χ1) is 15.8. The van der Waals surface area contributed by atoms with Crippen molar-refractivity contribution in [1.82, 2.24) is 9.97 Å². The number of nitro groups is 2. The summed E-state index contributed by atoms with van der Waals surface area (Å²) in [5, 5.41) is 29.6. The number of hydrogen-bond donors (Lipinski definition) is 2. The Kier molecular flexibility index (Phi) is 6.93. The van der Waals surface area contributed by atoms with Gasteiger partial charge in [0.05, 0.1) is 30.3 Å². The van der Waals surface area contributed by atoms with E-state index in [2.05, 4.69) is 25.8 Å². The second-order valence-corrected chi connectivity index (χ2v) is 6.50. The number of methoxy groups -OCH3 is 2. The lowest BCUT2D eigenvalue weighted by molar-refractivity contribution is -0.385. The number of anilines is 3. The van der Waals surface area contributed by atoms with Gasteiger partial charge >= 0.3 is 11.4 Å². The predicted octanol–water partition coefficient (Wildman–Crippen LogP) is 3.81. The molecule has 0 spiro atoms. The van der Waals surface area contributed by atoms with Gasteiger partial charge in [0.25, 0.3) is 0 Å². The van der Waals surface area contributed by atoms with Crippen molar-refractivity contribution in [2.75, 3.05) is 25.0 Å². The van der Waals surface area contributed by atoms with Crippen LogP contribution in [0, 0.1) is 27.2 Å². The Hall–Kier alpha value is -4.81. The van der Waals surface area contributed by atoms with Crippen molar-refractivity contribution in [3.63, 3.8) is 0 Å². The van der Waals surface area contributed by atoms with Crippen LogP contribution in [0.2, 0.25) is 0 Å². The van der Waals surface area contributed by atoms with Crippen LogP contribution >= 0.6 is 0 Å².